The smallest absolute Gasteiger partial charge is 0.269 e. The van der Waals surface area contributed by atoms with Crippen LogP contribution in [0, 0.1) is 10.1 Å². The van der Waals surface area contributed by atoms with Crippen LogP contribution in [-0.2, 0) is 0 Å². The van der Waals surface area contributed by atoms with Gasteiger partial charge in [0.15, 0.2) is 5.76 Å². The van der Waals surface area contributed by atoms with Crippen LogP contribution in [0.5, 0.6) is 0 Å². The molecule has 2 aromatic carbocycles. The van der Waals surface area contributed by atoms with Crippen LogP contribution in [0.4, 0.5) is 5.69 Å². The van der Waals surface area contributed by atoms with Crippen LogP contribution in [0.15, 0.2) is 77.2 Å². The molecular weight excluding hydrogens is 306 g/mol. The van der Waals surface area contributed by atoms with Crippen LogP contribution >= 0.6 is 0 Å². The molecule has 0 aliphatic heterocycles. The summed E-state index contributed by atoms with van der Waals surface area (Å²) >= 11 is 0. The Balaban J connectivity index is 1.66. The minimum Gasteiger partial charge on any atom is -0.453 e. The van der Waals surface area contributed by atoms with Gasteiger partial charge in [0.05, 0.1) is 4.92 Å². The van der Waals surface area contributed by atoms with Crippen molar-refractivity contribution in [2.24, 2.45) is 0 Å². The molecule has 0 amide bonds. The average molecular weight is 319 g/mol. The van der Waals surface area contributed by atoms with Gasteiger partial charge >= 0.3 is 0 Å². The maximum Gasteiger partial charge on any atom is 0.269 e. The fourth-order valence-electron chi connectivity index (χ4n) is 2.20. The quantitative estimate of drug-likeness (QED) is 0.223. The highest BCUT2D eigenvalue weighted by Crippen LogP contribution is 2.19. The number of fused-ring (bicyclic) bond motifs is 1. The highest BCUT2D eigenvalue weighted by molar-refractivity contribution is 6.05. The molecule has 0 radical (unpaired) electrons. The van der Waals surface area contributed by atoms with Gasteiger partial charge in [-0.05, 0) is 35.9 Å². The van der Waals surface area contributed by atoms with E-state index in [1.807, 2.05) is 24.3 Å². The van der Waals surface area contributed by atoms with E-state index in [1.165, 1.54) is 18.2 Å². The van der Waals surface area contributed by atoms with Crippen LogP contribution in [0.2, 0.25) is 0 Å². The number of furan rings is 1. The molecule has 5 nitrogen and oxygen atoms in total. The van der Waals surface area contributed by atoms with Crippen LogP contribution < -0.4 is 0 Å². The van der Waals surface area contributed by atoms with Gasteiger partial charge in [0.1, 0.15) is 5.58 Å². The highest BCUT2D eigenvalue weighted by atomic mass is 16.6. The van der Waals surface area contributed by atoms with Gasteiger partial charge in [-0.3, -0.25) is 14.9 Å². The maximum absolute atomic E-state index is 12.1. The third kappa shape index (κ3) is 3.47. The first-order valence-electron chi connectivity index (χ1n) is 7.25. The summed E-state index contributed by atoms with van der Waals surface area (Å²) in [6, 6.07) is 15.3. The summed E-state index contributed by atoms with van der Waals surface area (Å²) in [6.45, 7) is 0. The molecule has 118 valence electrons. The maximum atomic E-state index is 12.1. The largest absolute Gasteiger partial charge is 0.453 e. The molecule has 0 unspecified atom stereocenters. The Morgan fingerprint density at radius 3 is 2.50 bits per heavy atom. The molecule has 0 aliphatic rings. The van der Waals surface area contributed by atoms with Gasteiger partial charge < -0.3 is 4.42 Å². The van der Waals surface area contributed by atoms with Crippen LogP contribution in [0.3, 0.4) is 0 Å². The number of carbonyl (C=O) groups is 1. The number of benzene rings is 2. The molecule has 1 aromatic heterocycles. The van der Waals surface area contributed by atoms with Crippen molar-refractivity contribution in [1.29, 1.82) is 0 Å². The van der Waals surface area contributed by atoms with E-state index < -0.39 is 4.92 Å². The molecule has 0 bridgehead atoms. The third-order valence-corrected chi connectivity index (χ3v) is 3.42. The second-order valence-electron chi connectivity index (χ2n) is 5.08. The third-order valence-electron chi connectivity index (χ3n) is 3.42. The monoisotopic (exact) mass is 319 g/mol. The molecule has 0 aliphatic carbocycles. The van der Waals surface area contributed by atoms with Gasteiger partial charge in [-0.25, -0.2) is 0 Å². The molecule has 0 saturated carbocycles. The van der Waals surface area contributed by atoms with Crippen molar-refractivity contribution >= 4 is 28.5 Å². The second-order valence-corrected chi connectivity index (χ2v) is 5.08. The normalized spacial score (nSPS) is 11.5. The van der Waals surface area contributed by atoms with Crippen molar-refractivity contribution in [2.75, 3.05) is 0 Å². The lowest BCUT2D eigenvalue weighted by Crippen LogP contribution is -1.89. The zero-order chi connectivity index (χ0) is 16.9. The summed E-state index contributed by atoms with van der Waals surface area (Å²) in [5, 5.41) is 11.5. The predicted octanol–water partition coefficient (Wildman–Crippen LogP) is 4.79. The first-order valence-corrected chi connectivity index (χ1v) is 7.25. The zero-order valence-corrected chi connectivity index (χ0v) is 12.6. The fourth-order valence-corrected chi connectivity index (χ4v) is 2.20. The zero-order valence-electron chi connectivity index (χ0n) is 12.6. The van der Waals surface area contributed by atoms with Gasteiger partial charge in [0, 0.05) is 17.5 Å². The minimum atomic E-state index is -0.445. The molecule has 0 saturated heterocycles. The lowest BCUT2D eigenvalue weighted by molar-refractivity contribution is -0.384. The Labute approximate surface area is 137 Å². The SMILES string of the molecule is O=C(/C=C/C=C/c1ccc([N+](=O)[O-])cc1)c1cc2ccccc2o1. The number of ketones is 1. The summed E-state index contributed by atoms with van der Waals surface area (Å²) in [6.07, 6.45) is 6.48. The number of nitrogens with zero attached hydrogens (tertiary/aromatic N) is 1. The standard InChI is InChI=1S/C19H13NO4/c21-17(19-13-15-6-2-4-8-18(15)24-19)7-3-1-5-14-9-11-16(12-10-14)20(22)23/h1-13H/b5-1+,7-3+. The first-order chi connectivity index (χ1) is 11.6. The summed E-state index contributed by atoms with van der Waals surface area (Å²) in [5.74, 6) is 0.0655. The summed E-state index contributed by atoms with van der Waals surface area (Å²) in [4.78, 5) is 22.2. The summed E-state index contributed by atoms with van der Waals surface area (Å²) in [5.41, 5.74) is 1.53. The Hall–Kier alpha value is -3.47. The van der Waals surface area contributed by atoms with Gasteiger partial charge in [0.2, 0.25) is 5.78 Å². The van der Waals surface area contributed by atoms with Crippen molar-refractivity contribution in [2.45, 2.75) is 0 Å². The van der Waals surface area contributed by atoms with Crippen molar-refractivity contribution in [1.82, 2.24) is 0 Å². The number of allylic oxidation sites excluding steroid dienone is 3. The number of para-hydroxylation sites is 1. The summed E-state index contributed by atoms with van der Waals surface area (Å²) < 4.78 is 5.49. The van der Waals surface area contributed by atoms with Crippen LogP contribution in [0.1, 0.15) is 16.1 Å². The molecule has 24 heavy (non-hydrogen) atoms. The molecule has 3 rings (SSSR count). The molecule has 0 spiro atoms. The van der Waals surface area contributed by atoms with Crippen molar-refractivity contribution in [3.8, 4) is 0 Å². The lowest BCUT2D eigenvalue weighted by atomic mass is 10.2. The number of hydrogen-bond acceptors (Lipinski definition) is 4. The summed E-state index contributed by atoms with van der Waals surface area (Å²) in [7, 11) is 0. The number of non-ortho nitro benzene ring substituents is 1. The van der Waals surface area contributed by atoms with E-state index in [2.05, 4.69) is 0 Å². The van der Waals surface area contributed by atoms with E-state index in [1.54, 1.807) is 36.4 Å². The number of nitro benzene ring substituents is 1. The fraction of sp³-hybridized carbons (Fsp3) is 0. The van der Waals surface area contributed by atoms with Crippen molar-refractivity contribution < 1.29 is 14.1 Å². The van der Waals surface area contributed by atoms with Crippen LogP contribution in [-0.4, -0.2) is 10.7 Å². The topological polar surface area (TPSA) is 73.3 Å². The average Bonchev–Trinajstić information content (AvgIpc) is 3.03. The van der Waals surface area contributed by atoms with E-state index in [0.29, 0.717) is 5.58 Å². The van der Waals surface area contributed by atoms with E-state index >= 15 is 0 Å². The van der Waals surface area contributed by atoms with Gasteiger partial charge in [-0.15, -0.1) is 0 Å². The molecule has 0 atom stereocenters. The van der Waals surface area contributed by atoms with Gasteiger partial charge in [0.25, 0.3) is 5.69 Å². The number of carbonyl (C=O) groups excluding carboxylic acids is 1. The van der Waals surface area contributed by atoms with Gasteiger partial charge in [-0.1, -0.05) is 36.4 Å². The Bertz CT molecular complexity index is 916. The second kappa shape index (κ2) is 6.75. The van der Waals surface area contributed by atoms with E-state index in [-0.39, 0.29) is 17.2 Å². The Kier molecular flexibility index (Phi) is 4.34. The molecule has 5 heteroatoms. The number of hydrogen-bond donors (Lipinski definition) is 0. The number of nitro groups is 1. The van der Waals surface area contributed by atoms with Crippen molar-refractivity contribution in [3.63, 3.8) is 0 Å². The van der Waals surface area contributed by atoms with E-state index in [0.717, 1.165) is 10.9 Å². The Morgan fingerprint density at radius 2 is 1.79 bits per heavy atom. The number of rotatable bonds is 5. The molecular formula is C19H13NO4. The molecule has 3 aromatic rings. The lowest BCUT2D eigenvalue weighted by Gasteiger charge is -1.92. The van der Waals surface area contributed by atoms with Crippen molar-refractivity contribution in [3.05, 3.63) is 94.3 Å². The molecule has 1 heterocycles. The van der Waals surface area contributed by atoms with Gasteiger partial charge in [-0.2, -0.15) is 0 Å². The Morgan fingerprint density at radius 1 is 1.04 bits per heavy atom. The molecule has 0 fully saturated rings. The minimum absolute atomic E-state index is 0.0442. The van der Waals surface area contributed by atoms with E-state index in [9.17, 15) is 14.9 Å². The van der Waals surface area contributed by atoms with Crippen LogP contribution in [0.25, 0.3) is 17.0 Å². The predicted molar refractivity (Wildman–Crippen MR) is 91.8 cm³/mol. The van der Waals surface area contributed by atoms with E-state index in [4.69, 9.17) is 4.42 Å². The highest BCUT2D eigenvalue weighted by Gasteiger charge is 2.08. The first kappa shape index (κ1) is 15.4. The molecule has 0 N–H and O–H groups in total.